The summed E-state index contributed by atoms with van der Waals surface area (Å²) in [4.78, 5) is 10.8. The van der Waals surface area contributed by atoms with Gasteiger partial charge in [-0.2, -0.15) is 0 Å². The highest BCUT2D eigenvalue weighted by Gasteiger charge is 2.04. The van der Waals surface area contributed by atoms with Crippen LogP contribution >= 0.6 is 0 Å². The van der Waals surface area contributed by atoms with E-state index < -0.39 is 5.91 Å². The molecule has 0 saturated heterocycles. The van der Waals surface area contributed by atoms with E-state index in [1.807, 2.05) is 0 Å². The van der Waals surface area contributed by atoms with Crippen molar-refractivity contribution in [1.29, 1.82) is 0 Å². The Morgan fingerprint density at radius 2 is 2.09 bits per heavy atom. The monoisotopic (exact) mass is 147 g/mol. The largest absolute Gasteiger partial charge is 0.288 e. The third-order valence-electron chi connectivity index (χ3n) is 1.31. The van der Waals surface area contributed by atoms with Gasteiger partial charge < -0.3 is 0 Å². The van der Waals surface area contributed by atoms with Crippen molar-refractivity contribution in [3.05, 3.63) is 29.8 Å². The first kappa shape index (κ1) is 7.82. The second-order valence-corrected chi connectivity index (χ2v) is 2.03. The molecule has 2 N–H and O–H groups in total. The van der Waals surface area contributed by atoms with Crippen LogP contribution < -0.4 is 10.9 Å². The van der Waals surface area contributed by atoms with Crippen molar-refractivity contribution in [1.82, 2.24) is 5.48 Å². The van der Waals surface area contributed by atoms with E-state index >= 15 is 0 Å². The SMILES string of the molecule is [B]c1ccccc1C(=O)NO. The summed E-state index contributed by atoms with van der Waals surface area (Å²) in [5.74, 6) is -0.594. The Morgan fingerprint density at radius 1 is 1.45 bits per heavy atom. The Hall–Kier alpha value is -1.29. The molecule has 0 aliphatic carbocycles. The number of nitrogens with one attached hydrogen (secondary N) is 1. The summed E-state index contributed by atoms with van der Waals surface area (Å²) in [7, 11) is 5.43. The Kier molecular flexibility index (Phi) is 2.28. The fourth-order valence-electron chi connectivity index (χ4n) is 0.764. The van der Waals surface area contributed by atoms with E-state index in [1.165, 1.54) is 11.5 Å². The highest BCUT2D eigenvalue weighted by Crippen LogP contribution is 1.92. The summed E-state index contributed by atoms with van der Waals surface area (Å²) in [5.41, 5.74) is 2.12. The fourth-order valence-corrected chi connectivity index (χ4v) is 0.764. The minimum atomic E-state index is -0.594. The molecule has 1 rings (SSSR count). The Balaban J connectivity index is 3.03. The third kappa shape index (κ3) is 1.59. The highest BCUT2D eigenvalue weighted by molar-refractivity contribution is 6.36. The lowest BCUT2D eigenvalue weighted by molar-refractivity contribution is 0.0707. The third-order valence-corrected chi connectivity index (χ3v) is 1.31. The van der Waals surface area contributed by atoms with Crippen molar-refractivity contribution in [2.24, 2.45) is 0 Å². The maximum absolute atomic E-state index is 10.8. The Labute approximate surface area is 65.4 Å². The van der Waals surface area contributed by atoms with Crippen molar-refractivity contribution in [3.63, 3.8) is 0 Å². The average molecular weight is 147 g/mol. The first-order valence-corrected chi connectivity index (χ1v) is 3.04. The van der Waals surface area contributed by atoms with Gasteiger partial charge in [-0.3, -0.25) is 10.0 Å². The minimum Gasteiger partial charge on any atom is -0.288 e. The normalized spacial score (nSPS) is 9.18. The molecule has 0 heterocycles. The fraction of sp³-hybridized carbons (Fsp3) is 0. The van der Waals surface area contributed by atoms with Crippen molar-refractivity contribution in [2.45, 2.75) is 0 Å². The second-order valence-electron chi connectivity index (χ2n) is 2.03. The van der Waals surface area contributed by atoms with Crippen LogP contribution in [0.25, 0.3) is 0 Å². The van der Waals surface area contributed by atoms with Gasteiger partial charge >= 0.3 is 0 Å². The molecule has 0 aromatic heterocycles. The molecule has 0 spiro atoms. The van der Waals surface area contributed by atoms with Crippen LogP contribution in [0.2, 0.25) is 0 Å². The number of hydrogen-bond donors (Lipinski definition) is 2. The van der Waals surface area contributed by atoms with Gasteiger partial charge in [-0.15, -0.1) is 0 Å². The zero-order chi connectivity index (χ0) is 8.27. The van der Waals surface area contributed by atoms with Crippen LogP contribution in [0.5, 0.6) is 0 Å². The standard InChI is InChI=1S/C7H6BNO2/c8-6-4-2-1-3-5(6)7(10)9-11/h1-4,11H,(H,9,10). The number of carbonyl (C=O) groups is 1. The van der Waals surface area contributed by atoms with Crippen LogP contribution in [0.4, 0.5) is 0 Å². The summed E-state index contributed by atoms with van der Waals surface area (Å²) in [6, 6.07) is 6.50. The number of benzene rings is 1. The van der Waals surface area contributed by atoms with Crippen molar-refractivity contribution in [2.75, 3.05) is 0 Å². The quantitative estimate of drug-likeness (QED) is 0.322. The molecule has 1 amide bonds. The molecule has 0 aliphatic heterocycles. The summed E-state index contributed by atoms with van der Waals surface area (Å²) in [6.45, 7) is 0. The van der Waals surface area contributed by atoms with Crippen molar-refractivity contribution < 1.29 is 10.0 Å². The lowest BCUT2D eigenvalue weighted by Crippen LogP contribution is -2.25. The van der Waals surface area contributed by atoms with Gasteiger partial charge in [-0.25, -0.2) is 5.48 Å². The first-order chi connectivity index (χ1) is 5.25. The maximum Gasteiger partial charge on any atom is 0.274 e. The van der Waals surface area contributed by atoms with Gasteiger partial charge in [0, 0.05) is 5.56 Å². The smallest absolute Gasteiger partial charge is 0.274 e. The molecule has 0 fully saturated rings. The van der Waals surface area contributed by atoms with Gasteiger partial charge in [-0.05, 0) is 6.07 Å². The molecule has 1 aromatic carbocycles. The molecule has 0 aliphatic rings. The summed E-state index contributed by atoms with van der Waals surface area (Å²) < 4.78 is 0. The summed E-state index contributed by atoms with van der Waals surface area (Å²) in [6.07, 6.45) is 0. The zero-order valence-electron chi connectivity index (χ0n) is 5.74. The first-order valence-electron chi connectivity index (χ1n) is 3.04. The van der Waals surface area contributed by atoms with Gasteiger partial charge in [0.15, 0.2) is 0 Å². The molecule has 54 valence electrons. The van der Waals surface area contributed by atoms with Gasteiger partial charge in [-0.1, -0.05) is 23.7 Å². The van der Waals surface area contributed by atoms with Crippen molar-refractivity contribution >= 4 is 19.2 Å². The van der Waals surface area contributed by atoms with E-state index in [2.05, 4.69) is 0 Å². The lowest BCUT2D eigenvalue weighted by atomic mass is 9.90. The Morgan fingerprint density at radius 3 is 2.64 bits per heavy atom. The highest BCUT2D eigenvalue weighted by atomic mass is 16.5. The Bertz CT molecular complexity index is 275. The lowest BCUT2D eigenvalue weighted by Gasteiger charge is -2.01. The maximum atomic E-state index is 10.8. The van der Waals surface area contributed by atoms with Crippen LogP contribution in [0.15, 0.2) is 24.3 Å². The van der Waals surface area contributed by atoms with E-state index in [1.54, 1.807) is 18.2 Å². The van der Waals surface area contributed by atoms with E-state index in [-0.39, 0.29) is 5.56 Å². The van der Waals surface area contributed by atoms with Gasteiger partial charge in [0.25, 0.3) is 5.91 Å². The van der Waals surface area contributed by atoms with Crippen LogP contribution in [0.3, 0.4) is 0 Å². The summed E-state index contributed by atoms with van der Waals surface area (Å²) in [5, 5.41) is 8.26. The van der Waals surface area contributed by atoms with Gasteiger partial charge in [0.1, 0.15) is 7.85 Å². The molecule has 4 heteroatoms. The molecule has 3 nitrogen and oxygen atoms in total. The van der Waals surface area contributed by atoms with E-state index in [0.29, 0.717) is 5.46 Å². The average Bonchev–Trinajstić information content (AvgIpc) is 2.04. The van der Waals surface area contributed by atoms with Crippen LogP contribution in [0.1, 0.15) is 10.4 Å². The number of carbonyl (C=O) groups excluding carboxylic acids is 1. The van der Waals surface area contributed by atoms with Crippen LogP contribution in [0, 0.1) is 0 Å². The number of amides is 1. The van der Waals surface area contributed by atoms with Gasteiger partial charge in [0.2, 0.25) is 0 Å². The predicted molar refractivity (Wildman–Crippen MR) is 41.1 cm³/mol. The van der Waals surface area contributed by atoms with E-state index in [4.69, 9.17) is 13.1 Å². The van der Waals surface area contributed by atoms with E-state index in [0.717, 1.165) is 0 Å². The molecule has 2 radical (unpaired) electrons. The molecular formula is C7H6BNO2. The molecular weight excluding hydrogens is 141 g/mol. The van der Waals surface area contributed by atoms with Crippen molar-refractivity contribution in [3.8, 4) is 0 Å². The second kappa shape index (κ2) is 3.21. The number of rotatable bonds is 1. The molecule has 0 saturated carbocycles. The molecule has 0 atom stereocenters. The van der Waals surface area contributed by atoms with Crippen LogP contribution in [-0.4, -0.2) is 19.0 Å². The molecule has 0 bridgehead atoms. The number of hydrogen-bond acceptors (Lipinski definition) is 2. The molecule has 11 heavy (non-hydrogen) atoms. The summed E-state index contributed by atoms with van der Waals surface area (Å²) >= 11 is 0. The van der Waals surface area contributed by atoms with Gasteiger partial charge in [0.05, 0.1) is 0 Å². The van der Waals surface area contributed by atoms with Crippen LogP contribution in [-0.2, 0) is 0 Å². The molecule has 0 unspecified atom stereocenters. The minimum absolute atomic E-state index is 0.273. The predicted octanol–water partition coefficient (Wildman–Crippen LogP) is -0.401. The molecule has 1 aromatic rings. The van der Waals surface area contributed by atoms with E-state index in [9.17, 15) is 4.79 Å². The zero-order valence-corrected chi connectivity index (χ0v) is 5.74. The number of hydroxylamine groups is 1. The topological polar surface area (TPSA) is 49.3 Å².